The fourth-order valence-electron chi connectivity index (χ4n) is 3.82. The SMILES string of the molecule is O=C(/C=C/c1cccc2cccnc12)Nc1c(C(=O)N2CCOCC2)oc2ccccc12. The van der Waals surface area contributed by atoms with Crippen molar-refractivity contribution in [2.45, 2.75) is 0 Å². The van der Waals surface area contributed by atoms with Crippen molar-refractivity contribution in [3.8, 4) is 0 Å². The van der Waals surface area contributed by atoms with Crippen LogP contribution < -0.4 is 5.32 Å². The lowest BCUT2D eigenvalue weighted by Gasteiger charge is -2.26. The average Bonchev–Trinajstić information content (AvgIpc) is 3.21. The van der Waals surface area contributed by atoms with Crippen LogP contribution in [-0.4, -0.2) is 48.0 Å². The van der Waals surface area contributed by atoms with Crippen LogP contribution in [0.15, 0.2) is 71.3 Å². The summed E-state index contributed by atoms with van der Waals surface area (Å²) >= 11 is 0. The highest BCUT2D eigenvalue weighted by Gasteiger charge is 2.27. The van der Waals surface area contributed by atoms with Gasteiger partial charge in [-0.2, -0.15) is 0 Å². The van der Waals surface area contributed by atoms with Gasteiger partial charge in [-0.1, -0.05) is 36.4 Å². The molecule has 1 N–H and O–H groups in total. The van der Waals surface area contributed by atoms with Crippen LogP contribution in [0.4, 0.5) is 5.69 Å². The minimum atomic E-state index is -0.361. The van der Waals surface area contributed by atoms with Gasteiger partial charge in [-0.25, -0.2) is 0 Å². The molecule has 1 aliphatic rings. The number of nitrogens with one attached hydrogen (secondary N) is 1. The molecule has 5 rings (SSSR count). The minimum absolute atomic E-state index is 0.127. The molecule has 7 nitrogen and oxygen atoms in total. The molecule has 2 amide bonds. The van der Waals surface area contributed by atoms with E-state index in [0.717, 1.165) is 16.5 Å². The molecule has 0 bridgehead atoms. The number of rotatable bonds is 4. The Morgan fingerprint density at radius 2 is 1.81 bits per heavy atom. The first kappa shape index (κ1) is 20.0. The highest BCUT2D eigenvalue weighted by molar-refractivity contribution is 6.13. The third-order valence-corrected chi connectivity index (χ3v) is 5.41. The predicted octanol–water partition coefficient (Wildman–Crippen LogP) is 4.11. The molecule has 0 radical (unpaired) electrons. The van der Waals surface area contributed by atoms with E-state index in [1.54, 1.807) is 23.2 Å². The lowest BCUT2D eigenvalue weighted by atomic mass is 10.1. The number of nitrogens with zero attached hydrogens (tertiary/aromatic N) is 2. The maximum Gasteiger partial charge on any atom is 0.291 e. The molecule has 1 aliphatic heterocycles. The van der Waals surface area contributed by atoms with Gasteiger partial charge in [0.05, 0.1) is 18.7 Å². The van der Waals surface area contributed by atoms with Crippen LogP contribution in [0.3, 0.4) is 0 Å². The Morgan fingerprint density at radius 1 is 1.00 bits per heavy atom. The first-order valence-corrected chi connectivity index (χ1v) is 10.4. The molecule has 4 aromatic rings. The molecular weight excluding hydrogens is 406 g/mol. The summed E-state index contributed by atoms with van der Waals surface area (Å²) in [6.07, 6.45) is 4.88. The maximum absolute atomic E-state index is 13.1. The largest absolute Gasteiger partial charge is 0.449 e. The molecule has 0 unspecified atom stereocenters. The number of benzene rings is 2. The molecule has 0 atom stereocenters. The molecule has 2 aromatic carbocycles. The topological polar surface area (TPSA) is 84.7 Å². The second kappa shape index (κ2) is 8.64. The number of aromatic nitrogens is 1. The van der Waals surface area contributed by atoms with E-state index in [0.29, 0.717) is 43.0 Å². The maximum atomic E-state index is 13.1. The summed E-state index contributed by atoms with van der Waals surface area (Å²) in [5, 5.41) is 4.53. The van der Waals surface area contributed by atoms with Crippen LogP contribution in [0.5, 0.6) is 0 Å². The summed E-state index contributed by atoms with van der Waals surface area (Å²) in [6, 6.07) is 16.9. The quantitative estimate of drug-likeness (QED) is 0.496. The number of furan rings is 1. The number of hydrogen-bond acceptors (Lipinski definition) is 5. The first-order chi connectivity index (χ1) is 15.7. The summed E-state index contributed by atoms with van der Waals surface area (Å²) in [4.78, 5) is 32.0. The molecule has 0 spiro atoms. The van der Waals surface area contributed by atoms with Gasteiger partial charge in [0.15, 0.2) is 0 Å². The Labute approximate surface area is 184 Å². The number of hydrogen-bond donors (Lipinski definition) is 1. The monoisotopic (exact) mass is 427 g/mol. The standard InChI is InChI=1S/C25H21N3O4/c29-21(11-10-18-6-3-5-17-7-4-12-26-22(17)18)27-23-19-8-1-2-9-20(19)32-24(23)25(30)28-13-15-31-16-14-28/h1-12H,13-16H2,(H,27,29)/b11-10+. The smallest absolute Gasteiger partial charge is 0.291 e. The van der Waals surface area contributed by atoms with Gasteiger partial charge < -0.3 is 19.4 Å². The van der Waals surface area contributed by atoms with Gasteiger partial charge in [-0.3, -0.25) is 14.6 Å². The van der Waals surface area contributed by atoms with Crippen LogP contribution in [0.1, 0.15) is 16.1 Å². The van der Waals surface area contributed by atoms with Crippen LogP contribution in [-0.2, 0) is 9.53 Å². The second-order valence-electron chi connectivity index (χ2n) is 7.45. The molecule has 32 heavy (non-hydrogen) atoms. The van der Waals surface area contributed by atoms with Crippen molar-refractivity contribution in [3.63, 3.8) is 0 Å². The van der Waals surface area contributed by atoms with E-state index in [4.69, 9.17) is 9.15 Å². The molecule has 2 aromatic heterocycles. The molecule has 0 aliphatic carbocycles. The summed E-state index contributed by atoms with van der Waals surface area (Å²) < 4.78 is 11.2. The van der Waals surface area contributed by atoms with Gasteiger partial charge in [0, 0.05) is 41.7 Å². The lowest BCUT2D eigenvalue weighted by molar-refractivity contribution is -0.111. The number of para-hydroxylation sites is 2. The number of pyridine rings is 1. The fourth-order valence-corrected chi connectivity index (χ4v) is 3.82. The van der Waals surface area contributed by atoms with Gasteiger partial charge in [0.25, 0.3) is 5.91 Å². The highest BCUT2D eigenvalue weighted by atomic mass is 16.5. The minimum Gasteiger partial charge on any atom is -0.449 e. The molecule has 1 fully saturated rings. The van der Waals surface area contributed by atoms with E-state index < -0.39 is 0 Å². The summed E-state index contributed by atoms with van der Waals surface area (Å²) in [6.45, 7) is 1.93. The Morgan fingerprint density at radius 3 is 2.69 bits per heavy atom. The van der Waals surface area contributed by atoms with E-state index in [-0.39, 0.29) is 17.6 Å². The van der Waals surface area contributed by atoms with Crippen molar-refractivity contribution in [1.29, 1.82) is 0 Å². The van der Waals surface area contributed by atoms with Crippen molar-refractivity contribution >= 4 is 45.4 Å². The van der Waals surface area contributed by atoms with Crippen molar-refractivity contribution < 1.29 is 18.7 Å². The number of fused-ring (bicyclic) bond motifs is 2. The predicted molar refractivity (Wildman–Crippen MR) is 122 cm³/mol. The van der Waals surface area contributed by atoms with Gasteiger partial charge in [-0.05, 0) is 24.3 Å². The van der Waals surface area contributed by atoms with E-state index in [1.807, 2.05) is 48.5 Å². The fraction of sp³-hybridized carbons (Fsp3) is 0.160. The third kappa shape index (κ3) is 3.86. The molecule has 0 saturated carbocycles. The van der Waals surface area contributed by atoms with Crippen molar-refractivity contribution in [2.75, 3.05) is 31.6 Å². The third-order valence-electron chi connectivity index (χ3n) is 5.41. The Bertz CT molecular complexity index is 1330. The zero-order chi connectivity index (χ0) is 21.9. The van der Waals surface area contributed by atoms with Gasteiger partial charge in [-0.15, -0.1) is 0 Å². The normalized spacial score (nSPS) is 14.3. The van der Waals surface area contributed by atoms with E-state index >= 15 is 0 Å². The Hall–Kier alpha value is -3.97. The molecule has 160 valence electrons. The Balaban J connectivity index is 1.44. The summed E-state index contributed by atoms with van der Waals surface area (Å²) in [5.74, 6) is -0.496. The molecule has 7 heteroatoms. The molecule has 1 saturated heterocycles. The number of amides is 2. The van der Waals surface area contributed by atoms with E-state index in [1.165, 1.54) is 6.08 Å². The second-order valence-corrected chi connectivity index (χ2v) is 7.45. The number of anilines is 1. The van der Waals surface area contributed by atoms with Gasteiger partial charge >= 0.3 is 0 Å². The summed E-state index contributed by atoms with van der Waals surface area (Å²) in [5.41, 5.74) is 2.57. The lowest BCUT2D eigenvalue weighted by Crippen LogP contribution is -2.40. The highest BCUT2D eigenvalue weighted by Crippen LogP contribution is 2.32. The Kier molecular flexibility index (Phi) is 5.39. The summed E-state index contributed by atoms with van der Waals surface area (Å²) in [7, 11) is 0. The van der Waals surface area contributed by atoms with Crippen LogP contribution in [0.25, 0.3) is 27.9 Å². The average molecular weight is 427 g/mol. The van der Waals surface area contributed by atoms with Crippen molar-refractivity contribution in [1.82, 2.24) is 9.88 Å². The van der Waals surface area contributed by atoms with Crippen LogP contribution >= 0.6 is 0 Å². The number of morpholine rings is 1. The van der Waals surface area contributed by atoms with E-state index in [9.17, 15) is 9.59 Å². The van der Waals surface area contributed by atoms with E-state index in [2.05, 4.69) is 10.3 Å². The number of carbonyl (C=O) groups excluding carboxylic acids is 2. The first-order valence-electron chi connectivity index (χ1n) is 10.4. The van der Waals surface area contributed by atoms with Crippen LogP contribution in [0, 0.1) is 0 Å². The van der Waals surface area contributed by atoms with Gasteiger partial charge in [0.2, 0.25) is 11.7 Å². The van der Waals surface area contributed by atoms with Crippen molar-refractivity contribution in [3.05, 3.63) is 78.2 Å². The zero-order valence-corrected chi connectivity index (χ0v) is 17.3. The molecule has 3 heterocycles. The van der Waals surface area contributed by atoms with Crippen LogP contribution in [0.2, 0.25) is 0 Å². The number of carbonyl (C=O) groups is 2. The van der Waals surface area contributed by atoms with Crippen molar-refractivity contribution in [2.24, 2.45) is 0 Å². The zero-order valence-electron chi connectivity index (χ0n) is 17.3. The van der Waals surface area contributed by atoms with Gasteiger partial charge in [0.1, 0.15) is 11.3 Å². The number of ether oxygens (including phenoxy) is 1. The molecular formula is C25H21N3O4.